The molecule has 17 heavy (non-hydrogen) atoms. The summed E-state index contributed by atoms with van der Waals surface area (Å²) in [5.41, 5.74) is 5.53. The molecule has 1 aliphatic carbocycles. The van der Waals surface area contributed by atoms with Crippen molar-refractivity contribution in [1.29, 1.82) is 0 Å². The molecule has 0 amide bonds. The van der Waals surface area contributed by atoms with Crippen LogP contribution in [0.25, 0.3) is 0 Å². The number of hydrogen-bond acceptors (Lipinski definition) is 4. The summed E-state index contributed by atoms with van der Waals surface area (Å²) in [5.74, 6) is 6.16. The molecule has 6 heteroatoms. The van der Waals surface area contributed by atoms with Gasteiger partial charge in [0.05, 0.1) is 17.7 Å². The first-order valence-corrected chi connectivity index (χ1v) is 6.84. The molecule has 94 valence electrons. The smallest absolute Gasteiger partial charge is 0.206 e. The van der Waals surface area contributed by atoms with Crippen LogP contribution in [-0.2, 0) is 6.54 Å². The molecule has 1 heterocycles. The highest BCUT2D eigenvalue weighted by Gasteiger charge is 2.15. The Kier molecular flexibility index (Phi) is 4.33. The van der Waals surface area contributed by atoms with E-state index in [9.17, 15) is 0 Å². The highest BCUT2D eigenvalue weighted by molar-refractivity contribution is 7.09. The number of hydrazine groups is 1. The van der Waals surface area contributed by atoms with Gasteiger partial charge in [-0.15, -0.1) is 11.3 Å². The molecule has 0 unspecified atom stereocenters. The Hall–Kier alpha value is -1.14. The van der Waals surface area contributed by atoms with Crippen molar-refractivity contribution >= 4 is 17.3 Å². The van der Waals surface area contributed by atoms with E-state index in [2.05, 4.69) is 20.7 Å². The summed E-state index contributed by atoms with van der Waals surface area (Å²) in [4.78, 5) is 9.84. The van der Waals surface area contributed by atoms with Crippen molar-refractivity contribution in [2.45, 2.75) is 45.2 Å². The van der Waals surface area contributed by atoms with E-state index in [1.54, 1.807) is 11.3 Å². The molecule has 0 radical (unpaired) electrons. The van der Waals surface area contributed by atoms with Crippen LogP contribution in [0.3, 0.4) is 0 Å². The predicted octanol–water partition coefficient (Wildman–Crippen LogP) is 1.30. The van der Waals surface area contributed by atoms with E-state index in [0.29, 0.717) is 18.5 Å². The standard InChI is InChI=1S/C11H19N5S/c1-8-10(17-7-14-8)6-13-11(16-12)15-9-4-2-3-5-9/h7,9H,2-6,12H2,1H3,(H2,13,15,16). The van der Waals surface area contributed by atoms with Crippen LogP contribution < -0.4 is 16.6 Å². The predicted molar refractivity (Wildman–Crippen MR) is 70.7 cm³/mol. The highest BCUT2D eigenvalue weighted by atomic mass is 32.1. The Bertz CT molecular complexity index is 381. The van der Waals surface area contributed by atoms with Gasteiger partial charge in [-0.2, -0.15) is 0 Å². The monoisotopic (exact) mass is 253 g/mol. The average Bonchev–Trinajstić information content (AvgIpc) is 2.96. The zero-order chi connectivity index (χ0) is 12.1. The van der Waals surface area contributed by atoms with E-state index in [-0.39, 0.29) is 0 Å². The van der Waals surface area contributed by atoms with Crippen LogP contribution >= 0.6 is 11.3 Å². The number of guanidine groups is 1. The second-order valence-electron chi connectivity index (χ2n) is 4.30. The zero-order valence-corrected chi connectivity index (χ0v) is 10.9. The van der Waals surface area contributed by atoms with E-state index < -0.39 is 0 Å². The van der Waals surface area contributed by atoms with Gasteiger partial charge in [-0.25, -0.2) is 15.8 Å². The lowest BCUT2D eigenvalue weighted by Gasteiger charge is -2.14. The second-order valence-corrected chi connectivity index (χ2v) is 5.24. The van der Waals surface area contributed by atoms with Crippen molar-refractivity contribution in [3.05, 3.63) is 16.1 Å². The fourth-order valence-electron chi connectivity index (χ4n) is 2.03. The molecule has 0 atom stereocenters. The molecule has 0 bridgehead atoms. The molecule has 5 nitrogen and oxygen atoms in total. The van der Waals surface area contributed by atoms with Crippen LogP contribution in [0.4, 0.5) is 0 Å². The van der Waals surface area contributed by atoms with Crippen LogP contribution in [0.15, 0.2) is 10.5 Å². The Morgan fingerprint density at radius 1 is 1.59 bits per heavy atom. The fraction of sp³-hybridized carbons (Fsp3) is 0.636. The first kappa shape index (κ1) is 12.3. The molecule has 0 spiro atoms. The summed E-state index contributed by atoms with van der Waals surface area (Å²) in [6.45, 7) is 2.64. The molecule has 0 saturated heterocycles. The summed E-state index contributed by atoms with van der Waals surface area (Å²) in [6, 6.07) is 0.521. The van der Waals surface area contributed by atoms with Crippen molar-refractivity contribution < 1.29 is 0 Å². The van der Waals surface area contributed by atoms with Gasteiger partial charge in [0.15, 0.2) is 0 Å². The number of aliphatic imine (C=N–C) groups is 1. The number of hydrogen-bond donors (Lipinski definition) is 3. The lowest BCUT2D eigenvalue weighted by atomic mass is 10.2. The van der Waals surface area contributed by atoms with Gasteiger partial charge in [-0.1, -0.05) is 12.8 Å². The van der Waals surface area contributed by atoms with Crippen LogP contribution in [0.1, 0.15) is 36.3 Å². The first-order valence-electron chi connectivity index (χ1n) is 5.96. The minimum atomic E-state index is 0.521. The third kappa shape index (κ3) is 3.41. The normalized spacial score (nSPS) is 17.4. The zero-order valence-electron chi connectivity index (χ0n) is 10.1. The SMILES string of the molecule is Cc1ncsc1CN=C(NN)NC1CCCC1. The molecule has 1 aliphatic rings. The molecule has 1 aromatic rings. The van der Waals surface area contributed by atoms with E-state index in [1.807, 2.05) is 12.4 Å². The van der Waals surface area contributed by atoms with Crippen LogP contribution in [0.2, 0.25) is 0 Å². The van der Waals surface area contributed by atoms with E-state index in [1.165, 1.54) is 30.6 Å². The molecule has 0 aliphatic heterocycles. The van der Waals surface area contributed by atoms with E-state index in [4.69, 9.17) is 5.84 Å². The molecule has 0 aromatic carbocycles. The van der Waals surface area contributed by atoms with Gasteiger partial charge in [-0.05, 0) is 19.8 Å². The van der Waals surface area contributed by atoms with Crippen molar-refractivity contribution in [3.8, 4) is 0 Å². The van der Waals surface area contributed by atoms with Crippen LogP contribution in [-0.4, -0.2) is 17.0 Å². The molecular formula is C11H19N5S. The molecule has 1 saturated carbocycles. The van der Waals surface area contributed by atoms with Crippen LogP contribution in [0, 0.1) is 6.92 Å². The highest BCUT2D eigenvalue weighted by Crippen LogP contribution is 2.17. The Labute approximate surface area is 106 Å². The van der Waals surface area contributed by atoms with Gasteiger partial charge < -0.3 is 5.32 Å². The average molecular weight is 253 g/mol. The molecule has 2 rings (SSSR count). The Morgan fingerprint density at radius 3 is 2.94 bits per heavy atom. The van der Waals surface area contributed by atoms with Crippen LogP contribution in [0.5, 0.6) is 0 Å². The van der Waals surface area contributed by atoms with Gasteiger partial charge in [-0.3, -0.25) is 5.43 Å². The third-order valence-electron chi connectivity index (χ3n) is 3.06. The second kappa shape index (κ2) is 5.97. The molecule has 1 aromatic heterocycles. The number of nitrogens with zero attached hydrogens (tertiary/aromatic N) is 2. The van der Waals surface area contributed by atoms with Crippen molar-refractivity contribution in [1.82, 2.24) is 15.7 Å². The Balaban J connectivity index is 1.90. The largest absolute Gasteiger partial charge is 0.353 e. The maximum atomic E-state index is 5.47. The lowest BCUT2D eigenvalue weighted by Crippen LogP contribution is -2.45. The minimum Gasteiger partial charge on any atom is -0.353 e. The number of aromatic nitrogens is 1. The van der Waals surface area contributed by atoms with Gasteiger partial charge in [0.25, 0.3) is 0 Å². The topological polar surface area (TPSA) is 75.3 Å². The van der Waals surface area contributed by atoms with Crippen molar-refractivity contribution in [2.24, 2.45) is 10.8 Å². The maximum Gasteiger partial charge on any atom is 0.206 e. The number of nitrogens with two attached hydrogens (primary N) is 1. The number of thiazole rings is 1. The number of nitrogens with one attached hydrogen (secondary N) is 2. The van der Waals surface area contributed by atoms with Gasteiger partial charge in [0, 0.05) is 10.9 Å². The fourth-order valence-corrected chi connectivity index (χ4v) is 2.73. The van der Waals surface area contributed by atoms with Crippen molar-refractivity contribution in [2.75, 3.05) is 0 Å². The number of rotatable bonds is 3. The third-order valence-corrected chi connectivity index (χ3v) is 3.98. The van der Waals surface area contributed by atoms with E-state index >= 15 is 0 Å². The van der Waals surface area contributed by atoms with Gasteiger partial charge in [0.1, 0.15) is 0 Å². The first-order chi connectivity index (χ1) is 8.29. The molecule has 4 N–H and O–H groups in total. The number of aryl methyl sites for hydroxylation is 1. The molecular weight excluding hydrogens is 234 g/mol. The minimum absolute atomic E-state index is 0.521. The van der Waals surface area contributed by atoms with Crippen molar-refractivity contribution in [3.63, 3.8) is 0 Å². The van der Waals surface area contributed by atoms with Gasteiger partial charge >= 0.3 is 0 Å². The molecule has 1 fully saturated rings. The van der Waals surface area contributed by atoms with E-state index in [0.717, 1.165) is 5.69 Å². The summed E-state index contributed by atoms with van der Waals surface area (Å²) in [7, 11) is 0. The summed E-state index contributed by atoms with van der Waals surface area (Å²) < 4.78 is 0. The lowest BCUT2D eigenvalue weighted by molar-refractivity contribution is 0.614. The Morgan fingerprint density at radius 2 is 2.35 bits per heavy atom. The summed E-state index contributed by atoms with van der Waals surface area (Å²) in [6.07, 6.45) is 5.01. The van der Waals surface area contributed by atoms with Gasteiger partial charge in [0.2, 0.25) is 5.96 Å². The maximum absolute atomic E-state index is 5.47. The summed E-state index contributed by atoms with van der Waals surface area (Å²) in [5, 5.41) is 3.35. The summed E-state index contributed by atoms with van der Waals surface area (Å²) >= 11 is 1.63. The quantitative estimate of drug-likeness (QED) is 0.328.